The Morgan fingerprint density at radius 2 is 2.50 bits per heavy atom. The van der Waals surface area contributed by atoms with Gasteiger partial charge in [-0.1, -0.05) is 6.07 Å². The molecule has 0 radical (unpaired) electrons. The fourth-order valence-corrected chi connectivity index (χ4v) is 3.22. The molecule has 4 nitrogen and oxygen atoms in total. The van der Waals surface area contributed by atoms with Crippen LogP contribution < -0.4 is 11.5 Å². The summed E-state index contributed by atoms with van der Waals surface area (Å²) in [6.45, 7) is 1.44. The van der Waals surface area contributed by atoms with Crippen LogP contribution in [0.4, 0.5) is 0 Å². The van der Waals surface area contributed by atoms with E-state index in [4.69, 9.17) is 11.5 Å². The lowest BCUT2D eigenvalue weighted by Gasteiger charge is -2.29. The van der Waals surface area contributed by atoms with Gasteiger partial charge in [0, 0.05) is 11.4 Å². The van der Waals surface area contributed by atoms with Crippen LogP contribution in [0.3, 0.4) is 0 Å². The summed E-state index contributed by atoms with van der Waals surface area (Å²) < 4.78 is 0. The minimum atomic E-state index is -0.229. The van der Waals surface area contributed by atoms with Gasteiger partial charge in [-0.05, 0) is 30.8 Å². The average molecular weight is 239 g/mol. The molecule has 0 aliphatic carbocycles. The molecule has 2 heterocycles. The fraction of sp³-hybridized carbons (Fsp3) is 0.545. The van der Waals surface area contributed by atoms with Crippen LogP contribution in [-0.2, 0) is 4.79 Å². The topological polar surface area (TPSA) is 72.3 Å². The first-order valence-corrected chi connectivity index (χ1v) is 6.40. The molecule has 1 aliphatic rings. The van der Waals surface area contributed by atoms with Gasteiger partial charge in [-0.2, -0.15) is 0 Å². The van der Waals surface area contributed by atoms with Crippen molar-refractivity contribution in [3.05, 3.63) is 22.4 Å². The predicted molar refractivity (Wildman–Crippen MR) is 65.0 cm³/mol. The number of primary amides is 1. The van der Waals surface area contributed by atoms with E-state index in [-0.39, 0.29) is 18.0 Å². The van der Waals surface area contributed by atoms with E-state index in [1.165, 1.54) is 4.88 Å². The van der Waals surface area contributed by atoms with Crippen LogP contribution in [0, 0.1) is 0 Å². The van der Waals surface area contributed by atoms with Crippen molar-refractivity contribution in [3.8, 4) is 0 Å². The molecule has 1 aromatic rings. The largest absolute Gasteiger partial charge is 0.368 e. The lowest BCUT2D eigenvalue weighted by Crippen LogP contribution is -2.44. The van der Waals surface area contributed by atoms with Gasteiger partial charge in [0.15, 0.2) is 0 Å². The predicted octanol–water partition coefficient (Wildman–Crippen LogP) is 0.698. The molecule has 88 valence electrons. The maximum absolute atomic E-state index is 11.3. The molecule has 0 spiro atoms. The zero-order chi connectivity index (χ0) is 11.5. The van der Waals surface area contributed by atoms with Gasteiger partial charge in [0.05, 0.1) is 12.1 Å². The second kappa shape index (κ2) is 4.95. The van der Waals surface area contributed by atoms with Crippen LogP contribution in [0.2, 0.25) is 0 Å². The van der Waals surface area contributed by atoms with Crippen molar-refractivity contribution in [1.29, 1.82) is 0 Å². The number of nitrogens with zero attached hydrogens (tertiary/aromatic N) is 1. The molecule has 1 fully saturated rings. The van der Waals surface area contributed by atoms with E-state index >= 15 is 0 Å². The van der Waals surface area contributed by atoms with Gasteiger partial charge in [-0.3, -0.25) is 9.69 Å². The molecular formula is C11H17N3OS. The highest BCUT2D eigenvalue weighted by atomic mass is 32.1. The molecule has 0 bridgehead atoms. The van der Waals surface area contributed by atoms with Crippen LogP contribution in [0.5, 0.6) is 0 Å². The van der Waals surface area contributed by atoms with Crippen molar-refractivity contribution >= 4 is 17.2 Å². The van der Waals surface area contributed by atoms with Crippen molar-refractivity contribution in [1.82, 2.24) is 4.90 Å². The molecule has 16 heavy (non-hydrogen) atoms. The number of hydrogen-bond donors (Lipinski definition) is 2. The van der Waals surface area contributed by atoms with Gasteiger partial charge < -0.3 is 11.5 Å². The minimum Gasteiger partial charge on any atom is -0.368 e. The maximum Gasteiger partial charge on any atom is 0.234 e. The summed E-state index contributed by atoms with van der Waals surface area (Å²) in [5, 5.41) is 2.04. The number of thiophene rings is 1. The van der Waals surface area contributed by atoms with Gasteiger partial charge >= 0.3 is 0 Å². The van der Waals surface area contributed by atoms with Gasteiger partial charge in [-0.15, -0.1) is 11.3 Å². The summed E-state index contributed by atoms with van der Waals surface area (Å²) >= 11 is 1.68. The quantitative estimate of drug-likeness (QED) is 0.812. The van der Waals surface area contributed by atoms with E-state index in [9.17, 15) is 4.79 Å². The van der Waals surface area contributed by atoms with Gasteiger partial charge in [0.25, 0.3) is 0 Å². The summed E-state index contributed by atoms with van der Waals surface area (Å²) in [7, 11) is 0. The molecule has 0 saturated carbocycles. The van der Waals surface area contributed by atoms with Crippen molar-refractivity contribution in [3.63, 3.8) is 0 Å². The van der Waals surface area contributed by atoms with Crippen LogP contribution in [0.1, 0.15) is 23.8 Å². The van der Waals surface area contributed by atoms with E-state index in [1.807, 2.05) is 11.4 Å². The van der Waals surface area contributed by atoms with E-state index in [2.05, 4.69) is 11.0 Å². The van der Waals surface area contributed by atoms with Crippen molar-refractivity contribution in [2.24, 2.45) is 11.5 Å². The average Bonchev–Trinajstić information content (AvgIpc) is 2.88. The minimum absolute atomic E-state index is 0.139. The number of likely N-dealkylation sites (tertiary alicyclic amines) is 1. The molecule has 2 atom stereocenters. The second-order valence-electron chi connectivity index (χ2n) is 4.07. The zero-order valence-electron chi connectivity index (χ0n) is 9.13. The first-order chi connectivity index (χ1) is 7.74. The number of amides is 1. The van der Waals surface area contributed by atoms with Crippen molar-refractivity contribution < 1.29 is 4.79 Å². The third-order valence-electron chi connectivity index (χ3n) is 3.12. The van der Waals surface area contributed by atoms with Gasteiger partial charge in [0.2, 0.25) is 5.91 Å². The Morgan fingerprint density at radius 3 is 3.06 bits per heavy atom. The van der Waals surface area contributed by atoms with Crippen LogP contribution in [0.25, 0.3) is 0 Å². The lowest BCUT2D eigenvalue weighted by molar-refractivity contribution is -0.122. The summed E-state index contributed by atoms with van der Waals surface area (Å²) in [6, 6.07) is 4.08. The summed E-state index contributed by atoms with van der Waals surface area (Å²) in [4.78, 5) is 14.7. The number of hydrogen-bond acceptors (Lipinski definition) is 4. The molecular weight excluding hydrogens is 222 g/mol. The highest BCUT2D eigenvalue weighted by Gasteiger charge is 2.34. The number of rotatable bonds is 4. The number of carbonyl (C=O) groups is 1. The van der Waals surface area contributed by atoms with E-state index in [0.717, 1.165) is 19.4 Å². The van der Waals surface area contributed by atoms with E-state index in [0.29, 0.717) is 6.54 Å². The van der Waals surface area contributed by atoms with E-state index < -0.39 is 0 Å². The van der Waals surface area contributed by atoms with Crippen molar-refractivity contribution in [2.75, 3.05) is 13.1 Å². The zero-order valence-corrected chi connectivity index (χ0v) is 9.95. The standard InChI is InChI=1S/C11H17N3OS/c12-7-9(10-4-2-6-16-10)14-5-1-3-8(14)11(13)15/h2,4,6,8-9H,1,3,5,7,12H2,(H2,13,15). The summed E-state index contributed by atoms with van der Waals surface area (Å²) in [5.41, 5.74) is 11.2. The number of nitrogens with two attached hydrogens (primary N) is 2. The van der Waals surface area contributed by atoms with Crippen molar-refractivity contribution in [2.45, 2.75) is 24.9 Å². The smallest absolute Gasteiger partial charge is 0.234 e. The molecule has 0 aromatic carbocycles. The molecule has 1 saturated heterocycles. The number of carbonyl (C=O) groups excluding carboxylic acids is 1. The lowest BCUT2D eigenvalue weighted by atomic mass is 10.1. The summed E-state index contributed by atoms with van der Waals surface area (Å²) in [5.74, 6) is -0.229. The second-order valence-corrected chi connectivity index (χ2v) is 5.04. The maximum atomic E-state index is 11.3. The molecule has 1 aromatic heterocycles. The third kappa shape index (κ3) is 2.11. The fourth-order valence-electron chi connectivity index (χ4n) is 2.36. The Balaban J connectivity index is 2.18. The van der Waals surface area contributed by atoms with E-state index in [1.54, 1.807) is 11.3 Å². The molecule has 1 aliphatic heterocycles. The Kier molecular flexibility index (Phi) is 3.58. The molecule has 2 unspecified atom stereocenters. The van der Waals surface area contributed by atoms with Crippen LogP contribution in [0.15, 0.2) is 17.5 Å². The Bertz CT molecular complexity index is 352. The summed E-state index contributed by atoms with van der Waals surface area (Å²) in [6.07, 6.45) is 1.88. The SMILES string of the molecule is NCC(c1cccs1)N1CCCC1C(N)=O. The van der Waals surface area contributed by atoms with Gasteiger partial charge in [-0.25, -0.2) is 0 Å². The monoisotopic (exact) mass is 239 g/mol. The Hall–Kier alpha value is -0.910. The first kappa shape index (κ1) is 11.6. The first-order valence-electron chi connectivity index (χ1n) is 5.52. The third-order valence-corrected chi connectivity index (χ3v) is 4.09. The van der Waals surface area contributed by atoms with Crippen LogP contribution in [-0.4, -0.2) is 29.9 Å². The highest BCUT2D eigenvalue weighted by Crippen LogP contribution is 2.30. The van der Waals surface area contributed by atoms with Crippen LogP contribution >= 0.6 is 11.3 Å². The highest BCUT2D eigenvalue weighted by molar-refractivity contribution is 7.10. The van der Waals surface area contributed by atoms with Gasteiger partial charge in [0.1, 0.15) is 0 Å². The molecule has 5 heteroatoms. The normalized spacial score (nSPS) is 23.4. The Morgan fingerprint density at radius 1 is 1.69 bits per heavy atom. The Labute approximate surface area is 99.2 Å². The molecule has 2 rings (SSSR count). The molecule has 4 N–H and O–H groups in total. The molecule has 1 amide bonds.